The van der Waals surface area contributed by atoms with E-state index in [1.807, 2.05) is 26.8 Å². The highest BCUT2D eigenvalue weighted by atomic mass is 16.6. The molecule has 0 atom stereocenters. The van der Waals surface area contributed by atoms with Gasteiger partial charge < -0.3 is 9.47 Å². The lowest BCUT2D eigenvalue weighted by Gasteiger charge is -2.17. The average Bonchev–Trinajstić information content (AvgIpc) is 2.16. The largest absolute Gasteiger partial charge is 0.497 e. The molecule has 16 heavy (non-hydrogen) atoms. The quantitative estimate of drug-likeness (QED) is 0.686. The smallest absolute Gasteiger partial charge is 0.434 e. The Kier molecular flexibility index (Phi) is 3.88. The van der Waals surface area contributed by atoms with E-state index in [1.165, 1.54) is 0 Å². The summed E-state index contributed by atoms with van der Waals surface area (Å²) in [6.07, 6.45) is 5.42. The fourth-order valence-electron chi connectivity index (χ4n) is 1.16. The van der Waals surface area contributed by atoms with Gasteiger partial charge in [0.05, 0.1) is 12.8 Å². The van der Waals surface area contributed by atoms with Gasteiger partial charge in [-0.15, -0.1) is 0 Å². The number of hydrogen-bond donors (Lipinski definition) is 0. The van der Waals surface area contributed by atoms with Gasteiger partial charge in [-0.25, -0.2) is 4.79 Å². The SMILES string of the molecule is COC1=CC/C(=N\C(=O)OC(C)(C)C)C=C1. The zero-order valence-electron chi connectivity index (χ0n) is 10.1. The molecule has 1 rings (SSSR count). The number of rotatable bonds is 1. The fraction of sp³-hybridized carbons (Fsp3) is 0.500. The lowest BCUT2D eigenvalue weighted by atomic mass is 10.1. The van der Waals surface area contributed by atoms with E-state index in [2.05, 4.69) is 4.99 Å². The molecule has 4 heteroatoms. The van der Waals surface area contributed by atoms with Crippen LogP contribution in [-0.2, 0) is 9.47 Å². The lowest BCUT2D eigenvalue weighted by Crippen LogP contribution is -2.22. The van der Waals surface area contributed by atoms with Crippen molar-refractivity contribution in [3.8, 4) is 0 Å². The number of carbonyl (C=O) groups is 1. The van der Waals surface area contributed by atoms with Gasteiger partial charge in [0, 0.05) is 6.42 Å². The molecular weight excluding hydrogens is 206 g/mol. The molecular formula is C12H17NO3. The van der Waals surface area contributed by atoms with Crippen LogP contribution in [0.5, 0.6) is 0 Å². The van der Waals surface area contributed by atoms with Crippen LogP contribution >= 0.6 is 0 Å². The van der Waals surface area contributed by atoms with Gasteiger partial charge in [0.15, 0.2) is 0 Å². The zero-order valence-corrected chi connectivity index (χ0v) is 10.1. The van der Waals surface area contributed by atoms with Crippen LogP contribution in [0.4, 0.5) is 4.79 Å². The number of nitrogens with zero attached hydrogens (tertiary/aromatic N) is 1. The van der Waals surface area contributed by atoms with E-state index in [0.717, 1.165) is 5.76 Å². The number of ether oxygens (including phenoxy) is 2. The Morgan fingerprint density at radius 3 is 2.50 bits per heavy atom. The molecule has 0 bridgehead atoms. The predicted octanol–water partition coefficient (Wildman–Crippen LogP) is 2.85. The highest BCUT2D eigenvalue weighted by Crippen LogP contribution is 2.11. The summed E-state index contributed by atoms with van der Waals surface area (Å²) in [7, 11) is 1.60. The second-order valence-electron chi connectivity index (χ2n) is 4.43. The van der Waals surface area contributed by atoms with Crippen molar-refractivity contribution in [1.82, 2.24) is 0 Å². The molecule has 0 saturated carbocycles. The summed E-state index contributed by atoms with van der Waals surface area (Å²) in [6.45, 7) is 5.43. The molecule has 0 aromatic heterocycles. The molecule has 88 valence electrons. The Labute approximate surface area is 95.7 Å². The first-order chi connectivity index (χ1) is 7.40. The van der Waals surface area contributed by atoms with Gasteiger partial charge in [-0.1, -0.05) is 0 Å². The minimum absolute atomic E-state index is 0.507. The third-order valence-corrected chi connectivity index (χ3v) is 1.82. The molecule has 1 aliphatic rings. The average molecular weight is 223 g/mol. The molecule has 0 heterocycles. The Morgan fingerprint density at radius 2 is 2.06 bits per heavy atom. The first-order valence-corrected chi connectivity index (χ1v) is 5.13. The topological polar surface area (TPSA) is 47.9 Å². The third-order valence-electron chi connectivity index (χ3n) is 1.82. The maximum absolute atomic E-state index is 11.4. The molecule has 0 unspecified atom stereocenters. The van der Waals surface area contributed by atoms with Crippen LogP contribution in [0.15, 0.2) is 29.0 Å². The molecule has 1 amide bonds. The molecule has 0 aromatic rings. The Balaban J connectivity index is 2.58. The van der Waals surface area contributed by atoms with E-state index in [4.69, 9.17) is 9.47 Å². The van der Waals surface area contributed by atoms with E-state index in [9.17, 15) is 4.79 Å². The minimum Gasteiger partial charge on any atom is -0.497 e. The number of allylic oxidation sites excluding steroid dienone is 3. The summed E-state index contributed by atoms with van der Waals surface area (Å²) in [5, 5.41) is 0. The van der Waals surface area contributed by atoms with E-state index in [0.29, 0.717) is 12.1 Å². The molecule has 1 aliphatic carbocycles. The number of carbonyl (C=O) groups excluding carboxylic acids is 1. The highest BCUT2D eigenvalue weighted by molar-refractivity contribution is 6.02. The first-order valence-electron chi connectivity index (χ1n) is 5.13. The summed E-state index contributed by atoms with van der Waals surface area (Å²) in [6, 6.07) is 0. The zero-order chi connectivity index (χ0) is 12.2. The van der Waals surface area contributed by atoms with Crippen molar-refractivity contribution in [3.63, 3.8) is 0 Å². The van der Waals surface area contributed by atoms with Crippen molar-refractivity contribution < 1.29 is 14.3 Å². The Hall–Kier alpha value is -1.58. The van der Waals surface area contributed by atoms with Crippen LogP contribution < -0.4 is 0 Å². The summed E-state index contributed by atoms with van der Waals surface area (Å²) in [5.41, 5.74) is 0.169. The molecule has 4 nitrogen and oxygen atoms in total. The van der Waals surface area contributed by atoms with Gasteiger partial charge in [-0.3, -0.25) is 0 Å². The molecule has 0 N–H and O–H groups in total. The standard InChI is InChI=1S/C12H17NO3/c1-12(2,3)16-11(14)13-9-5-7-10(15-4)8-6-9/h5,7-8H,6H2,1-4H3/b13-9-. The maximum Gasteiger partial charge on any atom is 0.434 e. The van der Waals surface area contributed by atoms with Crippen LogP contribution in [0.3, 0.4) is 0 Å². The van der Waals surface area contributed by atoms with Crippen LogP contribution in [-0.4, -0.2) is 24.5 Å². The second-order valence-corrected chi connectivity index (χ2v) is 4.43. The number of aliphatic imine (C=N–C) groups is 1. The van der Waals surface area contributed by atoms with Crippen molar-refractivity contribution in [1.29, 1.82) is 0 Å². The summed E-state index contributed by atoms with van der Waals surface area (Å²) in [5.74, 6) is 0.781. The predicted molar refractivity (Wildman–Crippen MR) is 62.5 cm³/mol. The molecule has 0 radical (unpaired) electrons. The van der Waals surface area contributed by atoms with Crippen molar-refractivity contribution in [3.05, 3.63) is 24.0 Å². The normalized spacial score (nSPS) is 18.2. The minimum atomic E-state index is -0.554. The van der Waals surface area contributed by atoms with Crippen molar-refractivity contribution in [2.24, 2.45) is 4.99 Å². The van der Waals surface area contributed by atoms with E-state index in [-0.39, 0.29) is 0 Å². The van der Waals surface area contributed by atoms with Crippen LogP contribution in [0.2, 0.25) is 0 Å². The molecule has 0 fully saturated rings. The van der Waals surface area contributed by atoms with Crippen molar-refractivity contribution in [2.45, 2.75) is 32.8 Å². The van der Waals surface area contributed by atoms with Crippen LogP contribution in [0.25, 0.3) is 0 Å². The number of amides is 1. The summed E-state index contributed by atoms with van der Waals surface area (Å²) >= 11 is 0. The highest BCUT2D eigenvalue weighted by Gasteiger charge is 2.16. The molecule has 0 saturated heterocycles. The summed E-state index contributed by atoms with van der Waals surface area (Å²) in [4.78, 5) is 15.2. The van der Waals surface area contributed by atoms with Gasteiger partial charge in [0.1, 0.15) is 11.4 Å². The van der Waals surface area contributed by atoms with Crippen LogP contribution in [0, 0.1) is 0 Å². The van der Waals surface area contributed by atoms with Gasteiger partial charge in [0.2, 0.25) is 0 Å². The van der Waals surface area contributed by atoms with Gasteiger partial charge in [-0.05, 0) is 39.0 Å². The van der Waals surface area contributed by atoms with Crippen LogP contribution in [0.1, 0.15) is 27.2 Å². The van der Waals surface area contributed by atoms with Crippen molar-refractivity contribution in [2.75, 3.05) is 7.11 Å². The van der Waals surface area contributed by atoms with E-state index < -0.39 is 11.7 Å². The van der Waals surface area contributed by atoms with E-state index in [1.54, 1.807) is 19.3 Å². The van der Waals surface area contributed by atoms with Gasteiger partial charge in [-0.2, -0.15) is 4.99 Å². The molecule has 0 spiro atoms. The second kappa shape index (κ2) is 4.96. The van der Waals surface area contributed by atoms with E-state index >= 15 is 0 Å². The Bertz CT molecular complexity index is 359. The Morgan fingerprint density at radius 1 is 1.38 bits per heavy atom. The third kappa shape index (κ3) is 4.29. The monoisotopic (exact) mass is 223 g/mol. The number of methoxy groups -OCH3 is 1. The number of hydrogen-bond acceptors (Lipinski definition) is 3. The lowest BCUT2D eigenvalue weighted by molar-refractivity contribution is 0.0604. The molecule has 0 aromatic carbocycles. The first kappa shape index (κ1) is 12.5. The maximum atomic E-state index is 11.4. The molecule has 0 aliphatic heterocycles. The van der Waals surface area contributed by atoms with Gasteiger partial charge >= 0.3 is 6.09 Å². The fourth-order valence-corrected chi connectivity index (χ4v) is 1.16. The summed E-state index contributed by atoms with van der Waals surface area (Å²) < 4.78 is 10.1. The van der Waals surface area contributed by atoms with Crippen molar-refractivity contribution >= 4 is 11.8 Å². The van der Waals surface area contributed by atoms with Gasteiger partial charge in [0.25, 0.3) is 0 Å².